The molecule has 0 fully saturated rings. The third-order valence-electron chi connectivity index (χ3n) is 9.75. The van der Waals surface area contributed by atoms with E-state index in [4.69, 9.17) is 9.97 Å². The molecular weight excluding hydrogens is 609 g/mol. The van der Waals surface area contributed by atoms with Crippen LogP contribution in [0.25, 0.3) is 88.8 Å². The first-order chi connectivity index (χ1) is 24.8. The van der Waals surface area contributed by atoms with Crippen LogP contribution >= 0.6 is 0 Å². The van der Waals surface area contributed by atoms with Gasteiger partial charge in [0.2, 0.25) is 0 Å². The fourth-order valence-electron chi connectivity index (χ4n) is 7.45. The van der Waals surface area contributed by atoms with E-state index in [1.807, 2.05) is 24.4 Å². The SMILES string of the molecule is c1ccc(-c2cc(-n3c4ccccc4c4ccc(-c5ccc6c7ncccc7n(-c7ccccc7)c6c5)cc43)cc(-c3ccccc3)n2)cc1. The van der Waals surface area contributed by atoms with E-state index in [1.165, 1.54) is 10.8 Å². The second kappa shape index (κ2) is 11.4. The molecule has 0 atom stereocenters. The number of pyridine rings is 2. The van der Waals surface area contributed by atoms with Crippen LogP contribution in [0.4, 0.5) is 0 Å². The Labute approximate surface area is 289 Å². The Kier molecular flexibility index (Phi) is 6.46. The number of fused-ring (bicyclic) bond motifs is 6. The van der Waals surface area contributed by atoms with Crippen molar-refractivity contribution in [3.63, 3.8) is 0 Å². The fourth-order valence-corrected chi connectivity index (χ4v) is 7.45. The summed E-state index contributed by atoms with van der Waals surface area (Å²) in [5.41, 5.74) is 14.1. The van der Waals surface area contributed by atoms with Crippen LogP contribution in [0.15, 0.2) is 182 Å². The zero-order chi connectivity index (χ0) is 33.0. The largest absolute Gasteiger partial charge is 0.309 e. The maximum absolute atomic E-state index is 5.17. The van der Waals surface area contributed by atoms with Gasteiger partial charge in [-0.1, -0.05) is 115 Å². The van der Waals surface area contributed by atoms with Crippen molar-refractivity contribution in [1.29, 1.82) is 0 Å². The molecule has 0 spiro atoms. The highest BCUT2D eigenvalue weighted by molar-refractivity contribution is 6.11. The molecule has 0 aliphatic carbocycles. The van der Waals surface area contributed by atoms with Crippen LogP contribution < -0.4 is 0 Å². The summed E-state index contributed by atoms with van der Waals surface area (Å²) in [5, 5.41) is 3.58. The number of nitrogens with zero attached hydrogens (tertiary/aromatic N) is 4. The summed E-state index contributed by atoms with van der Waals surface area (Å²) < 4.78 is 4.72. The Bertz CT molecular complexity index is 2790. The van der Waals surface area contributed by atoms with Crippen LogP contribution in [0.2, 0.25) is 0 Å². The molecule has 0 unspecified atom stereocenters. The lowest BCUT2D eigenvalue weighted by atomic mass is 10.0. The first-order valence-electron chi connectivity index (χ1n) is 16.9. The van der Waals surface area contributed by atoms with Gasteiger partial charge < -0.3 is 9.13 Å². The van der Waals surface area contributed by atoms with E-state index in [2.05, 4.69) is 167 Å². The van der Waals surface area contributed by atoms with Gasteiger partial charge >= 0.3 is 0 Å². The molecule has 10 aromatic rings. The number of benzene rings is 6. The number of hydrogen-bond donors (Lipinski definition) is 0. The van der Waals surface area contributed by atoms with Gasteiger partial charge in [-0.15, -0.1) is 0 Å². The summed E-state index contributed by atoms with van der Waals surface area (Å²) in [6, 6.07) is 62.4. The molecule has 0 aliphatic rings. The maximum Gasteiger partial charge on any atom is 0.0963 e. The second-order valence-corrected chi connectivity index (χ2v) is 12.7. The Balaban J connectivity index is 1.22. The van der Waals surface area contributed by atoms with Crippen molar-refractivity contribution in [2.75, 3.05) is 0 Å². The summed E-state index contributed by atoms with van der Waals surface area (Å²) in [5.74, 6) is 0. The molecule has 50 heavy (non-hydrogen) atoms. The molecule has 0 aliphatic heterocycles. The number of hydrogen-bond acceptors (Lipinski definition) is 2. The van der Waals surface area contributed by atoms with Crippen molar-refractivity contribution in [3.8, 4) is 45.0 Å². The van der Waals surface area contributed by atoms with Gasteiger partial charge in [0, 0.05) is 39.2 Å². The summed E-state index contributed by atoms with van der Waals surface area (Å²) in [7, 11) is 0. The van der Waals surface area contributed by atoms with Crippen LogP contribution in [-0.4, -0.2) is 19.1 Å². The third kappa shape index (κ3) is 4.54. The van der Waals surface area contributed by atoms with Crippen molar-refractivity contribution in [2.24, 2.45) is 0 Å². The summed E-state index contributed by atoms with van der Waals surface area (Å²) in [6.45, 7) is 0. The quantitative estimate of drug-likeness (QED) is 0.188. The summed E-state index contributed by atoms with van der Waals surface area (Å²) in [4.78, 5) is 9.97. The van der Waals surface area contributed by atoms with Crippen LogP contribution in [0.3, 0.4) is 0 Å². The molecule has 0 saturated heterocycles. The van der Waals surface area contributed by atoms with Crippen LogP contribution in [0.5, 0.6) is 0 Å². The van der Waals surface area contributed by atoms with Crippen LogP contribution in [0, 0.1) is 0 Å². The van der Waals surface area contributed by atoms with E-state index in [9.17, 15) is 0 Å². The normalized spacial score (nSPS) is 11.6. The summed E-state index contributed by atoms with van der Waals surface area (Å²) >= 11 is 0. The number of para-hydroxylation sites is 2. The highest BCUT2D eigenvalue weighted by atomic mass is 15.0. The molecule has 10 rings (SSSR count). The molecule has 6 aromatic carbocycles. The molecule has 0 bridgehead atoms. The predicted octanol–water partition coefficient (Wildman–Crippen LogP) is 11.7. The topological polar surface area (TPSA) is 35.6 Å². The average molecular weight is 639 g/mol. The molecule has 0 N–H and O–H groups in total. The molecule has 234 valence electrons. The zero-order valence-electron chi connectivity index (χ0n) is 27.1. The van der Waals surface area contributed by atoms with E-state index < -0.39 is 0 Å². The van der Waals surface area contributed by atoms with Gasteiger partial charge in [-0.2, -0.15) is 0 Å². The van der Waals surface area contributed by atoms with E-state index in [0.29, 0.717) is 0 Å². The Hall–Kier alpha value is -6.78. The van der Waals surface area contributed by atoms with Crippen LogP contribution in [-0.2, 0) is 0 Å². The highest BCUT2D eigenvalue weighted by Gasteiger charge is 2.18. The van der Waals surface area contributed by atoms with Gasteiger partial charge in [0.1, 0.15) is 0 Å². The Morgan fingerprint density at radius 2 is 0.860 bits per heavy atom. The lowest BCUT2D eigenvalue weighted by Crippen LogP contribution is -1.98. The van der Waals surface area contributed by atoms with Gasteiger partial charge in [0.05, 0.1) is 44.7 Å². The maximum atomic E-state index is 5.17. The van der Waals surface area contributed by atoms with E-state index in [-0.39, 0.29) is 0 Å². The summed E-state index contributed by atoms with van der Waals surface area (Å²) in [6.07, 6.45) is 1.88. The zero-order valence-corrected chi connectivity index (χ0v) is 27.1. The molecule has 4 aromatic heterocycles. The molecule has 0 radical (unpaired) electrons. The predicted molar refractivity (Wildman–Crippen MR) is 207 cm³/mol. The van der Waals surface area contributed by atoms with Crippen molar-refractivity contribution in [2.45, 2.75) is 0 Å². The fraction of sp³-hybridized carbons (Fsp3) is 0. The van der Waals surface area contributed by atoms with E-state index in [1.54, 1.807) is 0 Å². The number of aromatic nitrogens is 4. The van der Waals surface area contributed by atoms with Crippen molar-refractivity contribution >= 4 is 43.7 Å². The Morgan fingerprint density at radius 1 is 0.340 bits per heavy atom. The van der Waals surface area contributed by atoms with Gasteiger partial charge in [-0.25, -0.2) is 4.98 Å². The lowest BCUT2D eigenvalue weighted by molar-refractivity contribution is 1.16. The standard InChI is InChI=1S/C46H30N4/c1-4-13-31(14-5-1)40-29-36(30-41(48-40)32-15-6-2-7-16-32)50-42-20-11-10-19-37(42)38-24-22-33(27-44(38)50)34-23-25-39-45(28-34)49(35-17-8-3-9-18-35)43-21-12-26-47-46(39)43/h1-30H. The lowest BCUT2D eigenvalue weighted by Gasteiger charge is -2.14. The molecule has 4 nitrogen and oxygen atoms in total. The van der Waals surface area contributed by atoms with Gasteiger partial charge in [-0.3, -0.25) is 4.98 Å². The molecule has 4 heteroatoms. The second-order valence-electron chi connectivity index (χ2n) is 12.7. The van der Waals surface area contributed by atoms with Gasteiger partial charge in [0.15, 0.2) is 0 Å². The van der Waals surface area contributed by atoms with E-state index >= 15 is 0 Å². The highest BCUT2D eigenvalue weighted by Crippen LogP contribution is 2.38. The first kappa shape index (κ1) is 28.3. The first-order valence-corrected chi connectivity index (χ1v) is 16.9. The van der Waals surface area contributed by atoms with Gasteiger partial charge in [-0.05, 0) is 71.8 Å². The molecular formula is C46H30N4. The van der Waals surface area contributed by atoms with Crippen molar-refractivity contribution in [1.82, 2.24) is 19.1 Å². The smallest absolute Gasteiger partial charge is 0.0963 e. The Morgan fingerprint density at radius 3 is 1.54 bits per heavy atom. The third-order valence-corrected chi connectivity index (χ3v) is 9.75. The molecule has 0 saturated carbocycles. The van der Waals surface area contributed by atoms with Gasteiger partial charge in [0.25, 0.3) is 0 Å². The molecule has 0 amide bonds. The van der Waals surface area contributed by atoms with Crippen LogP contribution in [0.1, 0.15) is 0 Å². The average Bonchev–Trinajstić information content (AvgIpc) is 3.71. The minimum absolute atomic E-state index is 0.942. The monoisotopic (exact) mass is 638 g/mol. The number of rotatable bonds is 5. The van der Waals surface area contributed by atoms with Crippen molar-refractivity contribution in [3.05, 3.63) is 182 Å². The minimum Gasteiger partial charge on any atom is -0.309 e. The van der Waals surface area contributed by atoms with Crippen molar-refractivity contribution < 1.29 is 0 Å². The van der Waals surface area contributed by atoms with E-state index in [0.717, 1.165) is 78.0 Å². The molecule has 4 heterocycles. The minimum atomic E-state index is 0.942.